The Kier molecular flexibility index (Phi) is 5.26. The van der Waals surface area contributed by atoms with Crippen molar-refractivity contribution >= 4 is 46.3 Å². The molecule has 0 radical (unpaired) electrons. The average Bonchev–Trinajstić information content (AvgIpc) is 2.60. The van der Waals surface area contributed by atoms with Gasteiger partial charge < -0.3 is 15.4 Å². The zero-order chi connectivity index (χ0) is 17.8. The molecule has 128 valence electrons. The third kappa shape index (κ3) is 4.13. The van der Waals surface area contributed by atoms with Crippen LogP contribution in [0.5, 0.6) is 5.75 Å². The van der Waals surface area contributed by atoms with Gasteiger partial charge in [-0.25, -0.2) is 4.98 Å². The lowest BCUT2D eigenvalue weighted by molar-refractivity contribution is 0.415. The minimum Gasteiger partial charge on any atom is -0.495 e. The lowest BCUT2D eigenvalue weighted by Crippen LogP contribution is -2.01. The van der Waals surface area contributed by atoms with Crippen molar-refractivity contribution in [1.29, 1.82) is 0 Å². The molecule has 25 heavy (non-hydrogen) atoms. The summed E-state index contributed by atoms with van der Waals surface area (Å²) >= 11 is 12.3. The van der Waals surface area contributed by atoms with E-state index in [9.17, 15) is 0 Å². The van der Waals surface area contributed by atoms with Crippen LogP contribution in [0.1, 0.15) is 5.56 Å². The number of ether oxygens (including phenoxy) is 1. The van der Waals surface area contributed by atoms with Crippen LogP contribution in [0.25, 0.3) is 0 Å². The first-order chi connectivity index (χ1) is 12.1. The van der Waals surface area contributed by atoms with Crippen LogP contribution in [0.15, 0.2) is 48.7 Å². The van der Waals surface area contributed by atoms with E-state index in [1.165, 1.54) is 0 Å². The molecule has 2 aromatic carbocycles. The Labute approximate surface area is 156 Å². The van der Waals surface area contributed by atoms with Gasteiger partial charge in [-0.2, -0.15) is 4.98 Å². The number of benzene rings is 2. The molecule has 0 aliphatic heterocycles. The highest BCUT2D eigenvalue weighted by atomic mass is 35.5. The van der Waals surface area contributed by atoms with E-state index < -0.39 is 0 Å². The van der Waals surface area contributed by atoms with Crippen LogP contribution in [0.3, 0.4) is 0 Å². The molecule has 1 heterocycles. The highest BCUT2D eigenvalue weighted by molar-refractivity contribution is 6.32. The Morgan fingerprint density at radius 2 is 1.84 bits per heavy atom. The fourth-order valence-electron chi connectivity index (χ4n) is 2.24. The first kappa shape index (κ1) is 17.3. The number of methoxy groups -OCH3 is 1. The van der Waals surface area contributed by atoms with Crippen molar-refractivity contribution in [3.8, 4) is 5.75 Å². The maximum atomic E-state index is 6.15. The maximum absolute atomic E-state index is 6.15. The largest absolute Gasteiger partial charge is 0.495 e. The normalized spacial score (nSPS) is 10.4. The first-order valence-corrected chi connectivity index (χ1v) is 8.28. The highest BCUT2D eigenvalue weighted by Gasteiger charge is 2.06. The summed E-state index contributed by atoms with van der Waals surface area (Å²) in [6.45, 7) is 1.95. The molecular formula is C18H16Cl2N4O. The Hall–Kier alpha value is -2.50. The van der Waals surface area contributed by atoms with Crippen LogP contribution in [-0.2, 0) is 0 Å². The number of halogens is 2. The molecular weight excluding hydrogens is 359 g/mol. The SMILES string of the molecule is COc1ccc(Nc2nccc(Nc3cccc(Cl)c3C)n2)cc1Cl. The van der Waals surface area contributed by atoms with Gasteiger partial charge in [-0.3, -0.25) is 0 Å². The fraction of sp³-hybridized carbons (Fsp3) is 0.111. The molecule has 2 N–H and O–H groups in total. The molecule has 0 amide bonds. The summed E-state index contributed by atoms with van der Waals surface area (Å²) in [4.78, 5) is 8.68. The second-order valence-electron chi connectivity index (χ2n) is 5.28. The standard InChI is InChI=1S/C18H16Cl2N4O/c1-11-13(19)4-3-5-15(11)23-17-8-9-21-18(24-17)22-12-6-7-16(25-2)14(20)10-12/h3-10H,1-2H3,(H2,21,22,23,24). The van der Waals surface area contributed by atoms with Crippen LogP contribution in [-0.4, -0.2) is 17.1 Å². The lowest BCUT2D eigenvalue weighted by Gasteiger charge is -2.11. The molecule has 0 unspecified atom stereocenters. The van der Waals surface area contributed by atoms with Gasteiger partial charge in [0.25, 0.3) is 0 Å². The number of rotatable bonds is 5. The number of aromatic nitrogens is 2. The number of hydrogen-bond donors (Lipinski definition) is 2. The van der Waals surface area contributed by atoms with Crippen LogP contribution < -0.4 is 15.4 Å². The van der Waals surface area contributed by atoms with Crippen molar-refractivity contribution in [3.63, 3.8) is 0 Å². The van der Waals surface area contributed by atoms with E-state index in [-0.39, 0.29) is 0 Å². The molecule has 0 bridgehead atoms. The monoisotopic (exact) mass is 374 g/mol. The van der Waals surface area contributed by atoms with Crippen molar-refractivity contribution < 1.29 is 4.74 Å². The van der Waals surface area contributed by atoms with E-state index >= 15 is 0 Å². The highest BCUT2D eigenvalue weighted by Crippen LogP contribution is 2.29. The zero-order valence-electron chi connectivity index (χ0n) is 13.7. The van der Waals surface area contributed by atoms with Gasteiger partial charge >= 0.3 is 0 Å². The Balaban J connectivity index is 1.79. The van der Waals surface area contributed by atoms with E-state index in [1.807, 2.05) is 31.2 Å². The van der Waals surface area contributed by atoms with E-state index in [1.54, 1.807) is 31.5 Å². The Morgan fingerprint density at radius 1 is 1.00 bits per heavy atom. The van der Waals surface area contributed by atoms with Crippen molar-refractivity contribution in [3.05, 3.63) is 64.3 Å². The summed E-state index contributed by atoms with van der Waals surface area (Å²) in [5.41, 5.74) is 2.62. The molecule has 0 saturated carbocycles. The van der Waals surface area contributed by atoms with E-state index in [4.69, 9.17) is 27.9 Å². The van der Waals surface area contributed by atoms with E-state index in [0.29, 0.717) is 27.6 Å². The van der Waals surface area contributed by atoms with Crippen molar-refractivity contribution in [2.45, 2.75) is 6.92 Å². The summed E-state index contributed by atoms with van der Waals surface area (Å²) in [7, 11) is 1.57. The molecule has 0 fully saturated rings. The van der Waals surface area contributed by atoms with Gasteiger partial charge in [0.15, 0.2) is 0 Å². The average molecular weight is 375 g/mol. The van der Waals surface area contributed by atoms with Gasteiger partial charge in [0.1, 0.15) is 11.6 Å². The minimum absolute atomic E-state index is 0.450. The van der Waals surface area contributed by atoms with Gasteiger partial charge in [0.05, 0.1) is 12.1 Å². The fourth-order valence-corrected chi connectivity index (χ4v) is 2.67. The van der Waals surface area contributed by atoms with Crippen molar-refractivity contribution in [2.75, 3.05) is 17.7 Å². The molecule has 0 aliphatic rings. The van der Waals surface area contributed by atoms with Gasteiger partial charge in [0.2, 0.25) is 5.95 Å². The topological polar surface area (TPSA) is 59.1 Å². The van der Waals surface area contributed by atoms with Crippen LogP contribution in [0.2, 0.25) is 10.0 Å². The lowest BCUT2D eigenvalue weighted by atomic mass is 10.2. The number of nitrogens with zero attached hydrogens (tertiary/aromatic N) is 2. The summed E-state index contributed by atoms with van der Waals surface area (Å²) in [6.07, 6.45) is 1.67. The van der Waals surface area contributed by atoms with Crippen LogP contribution >= 0.6 is 23.2 Å². The first-order valence-electron chi connectivity index (χ1n) is 7.52. The Bertz CT molecular complexity index is 902. The van der Waals surface area contributed by atoms with Crippen molar-refractivity contribution in [1.82, 2.24) is 9.97 Å². The molecule has 7 heteroatoms. The predicted octanol–water partition coefficient (Wildman–Crippen LogP) is 5.59. The summed E-state index contributed by atoms with van der Waals surface area (Å²) in [5, 5.41) is 7.58. The quantitative estimate of drug-likeness (QED) is 0.609. The second kappa shape index (κ2) is 7.59. The zero-order valence-corrected chi connectivity index (χ0v) is 15.2. The number of nitrogens with one attached hydrogen (secondary N) is 2. The predicted molar refractivity (Wildman–Crippen MR) is 103 cm³/mol. The summed E-state index contributed by atoms with van der Waals surface area (Å²) < 4.78 is 5.14. The molecule has 0 spiro atoms. The number of hydrogen-bond acceptors (Lipinski definition) is 5. The van der Waals surface area contributed by atoms with Gasteiger partial charge in [-0.15, -0.1) is 0 Å². The van der Waals surface area contributed by atoms with Crippen molar-refractivity contribution in [2.24, 2.45) is 0 Å². The maximum Gasteiger partial charge on any atom is 0.229 e. The van der Waals surface area contributed by atoms with Gasteiger partial charge in [-0.05, 0) is 48.9 Å². The van der Waals surface area contributed by atoms with Crippen LogP contribution in [0, 0.1) is 6.92 Å². The minimum atomic E-state index is 0.450. The van der Waals surface area contributed by atoms with Gasteiger partial charge in [0, 0.05) is 22.6 Å². The molecule has 1 aromatic heterocycles. The molecule has 0 aliphatic carbocycles. The second-order valence-corrected chi connectivity index (χ2v) is 6.09. The summed E-state index contributed by atoms with van der Waals surface area (Å²) in [5.74, 6) is 1.72. The number of anilines is 4. The third-order valence-corrected chi connectivity index (χ3v) is 4.30. The van der Waals surface area contributed by atoms with Crippen LogP contribution in [0.4, 0.5) is 23.1 Å². The Morgan fingerprint density at radius 3 is 2.60 bits per heavy atom. The molecule has 0 saturated heterocycles. The molecule has 3 aromatic rings. The molecule has 3 rings (SSSR count). The summed E-state index contributed by atoms with van der Waals surface area (Å²) in [6, 6.07) is 12.8. The van der Waals surface area contributed by atoms with Gasteiger partial charge in [-0.1, -0.05) is 29.3 Å². The molecule has 0 atom stereocenters. The van der Waals surface area contributed by atoms with E-state index in [2.05, 4.69) is 20.6 Å². The molecule has 5 nitrogen and oxygen atoms in total. The smallest absolute Gasteiger partial charge is 0.229 e. The van der Waals surface area contributed by atoms with E-state index in [0.717, 1.165) is 16.9 Å². The third-order valence-electron chi connectivity index (χ3n) is 3.59.